The van der Waals surface area contributed by atoms with Gasteiger partial charge in [-0.25, -0.2) is 0 Å². The number of rotatable bonds is 6. The van der Waals surface area contributed by atoms with E-state index >= 15 is 0 Å². The molecule has 2 unspecified atom stereocenters. The molecule has 0 spiro atoms. The molecule has 0 saturated carbocycles. The Balaban J connectivity index is 2.54. The number of nitrogens with one attached hydrogen (secondary N) is 1. The zero-order chi connectivity index (χ0) is 14.5. The van der Waals surface area contributed by atoms with Crippen LogP contribution in [0.1, 0.15) is 46.1 Å². The summed E-state index contributed by atoms with van der Waals surface area (Å²) < 4.78 is 1.02. The van der Waals surface area contributed by atoms with Crippen LogP contribution in [0.15, 0.2) is 22.9 Å². The van der Waals surface area contributed by atoms with Crippen LogP contribution in [-0.2, 0) is 6.42 Å². The maximum Gasteiger partial charge on any atom is 0.0410 e. The third kappa shape index (κ3) is 7.04. The summed E-state index contributed by atoms with van der Waals surface area (Å²) in [6.45, 7) is 9.15. The van der Waals surface area contributed by atoms with Crippen molar-refractivity contribution in [3.8, 4) is 0 Å². The van der Waals surface area contributed by atoms with Gasteiger partial charge in [0.1, 0.15) is 0 Å². The number of hydrogen-bond acceptors (Lipinski definition) is 3. The molecule has 0 radical (unpaired) electrons. The highest BCUT2D eigenvalue weighted by atomic mass is 79.9. The SMILES string of the molecule is CC(CC(Cc1cncc(Br)c1)NN)CC(C)(C)C. The first-order valence-electron chi connectivity index (χ1n) is 6.85. The maximum absolute atomic E-state index is 5.69. The fourth-order valence-electron chi connectivity index (χ4n) is 2.68. The molecule has 108 valence electrons. The van der Waals surface area contributed by atoms with E-state index in [1.165, 1.54) is 12.0 Å². The van der Waals surface area contributed by atoms with Gasteiger partial charge < -0.3 is 0 Å². The Morgan fingerprint density at radius 1 is 1.37 bits per heavy atom. The monoisotopic (exact) mass is 327 g/mol. The van der Waals surface area contributed by atoms with E-state index in [1.807, 2.05) is 6.20 Å². The Bertz CT molecular complexity index is 387. The molecule has 2 atom stereocenters. The number of halogens is 1. The van der Waals surface area contributed by atoms with Gasteiger partial charge in [0.2, 0.25) is 0 Å². The smallest absolute Gasteiger partial charge is 0.0410 e. The summed E-state index contributed by atoms with van der Waals surface area (Å²) in [6, 6.07) is 2.40. The second-order valence-electron chi connectivity index (χ2n) is 6.68. The van der Waals surface area contributed by atoms with Crippen LogP contribution in [0.25, 0.3) is 0 Å². The zero-order valence-electron chi connectivity index (χ0n) is 12.4. The van der Waals surface area contributed by atoms with Crippen molar-refractivity contribution < 1.29 is 0 Å². The third-order valence-corrected chi connectivity index (χ3v) is 3.56. The van der Waals surface area contributed by atoms with Crippen LogP contribution in [0.3, 0.4) is 0 Å². The number of pyridine rings is 1. The Morgan fingerprint density at radius 3 is 2.58 bits per heavy atom. The van der Waals surface area contributed by atoms with E-state index in [9.17, 15) is 0 Å². The number of nitrogens with two attached hydrogens (primary N) is 1. The van der Waals surface area contributed by atoms with E-state index in [0.717, 1.165) is 17.3 Å². The second kappa shape index (κ2) is 7.36. The van der Waals surface area contributed by atoms with Crippen LogP contribution in [0.4, 0.5) is 0 Å². The van der Waals surface area contributed by atoms with Crippen LogP contribution < -0.4 is 11.3 Å². The first-order chi connectivity index (χ1) is 8.80. The van der Waals surface area contributed by atoms with Gasteiger partial charge in [0.25, 0.3) is 0 Å². The summed E-state index contributed by atoms with van der Waals surface area (Å²) in [5.41, 5.74) is 4.52. The number of aromatic nitrogens is 1. The van der Waals surface area contributed by atoms with Gasteiger partial charge in [0.05, 0.1) is 0 Å². The van der Waals surface area contributed by atoms with Crippen molar-refractivity contribution in [1.29, 1.82) is 0 Å². The van der Waals surface area contributed by atoms with Gasteiger partial charge in [-0.2, -0.15) is 0 Å². The third-order valence-electron chi connectivity index (χ3n) is 3.13. The Labute approximate surface area is 125 Å². The van der Waals surface area contributed by atoms with Gasteiger partial charge in [-0.05, 0) is 58.2 Å². The minimum Gasteiger partial charge on any atom is -0.271 e. The molecule has 0 amide bonds. The maximum atomic E-state index is 5.69. The lowest BCUT2D eigenvalue weighted by Crippen LogP contribution is -2.38. The van der Waals surface area contributed by atoms with Crippen molar-refractivity contribution in [3.63, 3.8) is 0 Å². The summed E-state index contributed by atoms with van der Waals surface area (Å²) in [5, 5.41) is 0. The van der Waals surface area contributed by atoms with Gasteiger partial charge in [-0.3, -0.25) is 16.3 Å². The lowest BCUT2D eigenvalue weighted by atomic mass is 9.82. The van der Waals surface area contributed by atoms with Crippen molar-refractivity contribution in [2.45, 2.75) is 53.0 Å². The molecule has 0 aliphatic carbocycles. The minimum absolute atomic E-state index is 0.299. The molecule has 3 nitrogen and oxygen atoms in total. The van der Waals surface area contributed by atoms with E-state index in [1.54, 1.807) is 6.20 Å². The molecule has 0 aliphatic heterocycles. The van der Waals surface area contributed by atoms with E-state index < -0.39 is 0 Å². The van der Waals surface area contributed by atoms with Gasteiger partial charge in [-0.15, -0.1) is 0 Å². The van der Waals surface area contributed by atoms with Crippen LogP contribution in [0, 0.1) is 11.3 Å². The van der Waals surface area contributed by atoms with Crippen LogP contribution in [0.2, 0.25) is 0 Å². The quantitative estimate of drug-likeness (QED) is 0.619. The molecule has 3 N–H and O–H groups in total. The summed E-state index contributed by atoms with van der Waals surface area (Å²) in [4.78, 5) is 4.19. The van der Waals surface area contributed by atoms with Crippen LogP contribution in [-0.4, -0.2) is 11.0 Å². The highest BCUT2D eigenvalue weighted by Gasteiger charge is 2.19. The molecule has 1 rings (SSSR count). The summed E-state index contributed by atoms with van der Waals surface area (Å²) >= 11 is 3.45. The van der Waals surface area contributed by atoms with E-state index in [0.29, 0.717) is 17.4 Å². The molecule has 1 heterocycles. The first kappa shape index (κ1) is 16.6. The van der Waals surface area contributed by atoms with Gasteiger partial charge in [0, 0.05) is 22.9 Å². The van der Waals surface area contributed by atoms with Crippen LogP contribution in [0.5, 0.6) is 0 Å². The normalized spacial score (nSPS) is 15.3. The molecule has 0 bridgehead atoms. The average Bonchev–Trinajstić information content (AvgIpc) is 2.25. The molecule has 0 fully saturated rings. The Hall–Kier alpha value is -0.450. The average molecular weight is 328 g/mol. The molecule has 19 heavy (non-hydrogen) atoms. The highest BCUT2D eigenvalue weighted by molar-refractivity contribution is 9.10. The number of hydrazine groups is 1. The first-order valence-corrected chi connectivity index (χ1v) is 7.65. The van der Waals surface area contributed by atoms with Crippen molar-refractivity contribution in [2.75, 3.05) is 0 Å². The van der Waals surface area contributed by atoms with Gasteiger partial charge in [0.15, 0.2) is 0 Å². The molecule has 0 aromatic carbocycles. The molecular formula is C15H26BrN3. The standard InChI is InChI=1S/C15H26BrN3/c1-11(8-15(2,3)4)5-14(19-17)7-12-6-13(16)10-18-9-12/h6,9-11,14,19H,5,7-8,17H2,1-4H3. The van der Waals surface area contributed by atoms with E-state index in [-0.39, 0.29) is 0 Å². The molecular weight excluding hydrogens is 302 g/mol. The molecule has 0 aliphatic rings. The van der Waals surface area contributed by atoms with Crippen molar-refractivity contribution in [1.82, 2.24) is 10.4 Å². The lowest BCUT2D eigenvalue weighted by Gasteiger charge is -2.26. The molecule has 0 saturated heterocycles. The highest BCUT2D eigenvalue weighted by Crippen LogP contribution is 2.27. The second-order valence-corrected chi connectivity index (χ2v) is 7.60. The fourth-order valence-corrected chi connectivity index (χ4v) is 3.09. The minimum atomic E-state index is 0.299. The summed E-state index contributed by atoms with van der Waals surface area (Å²) in [5.74, 6) is 6.34. The molecule has 4 heteroatoms. The Kier molecular flexibility index (Phi) is 6.43. The topological polar surface area (TPSA) is 50.9 Å². The van der Waals surface area contributed by atoms with Crippen LogP contribution >= 0.6 is 15.9 Å². The van der Waals surface area contributed by atoms with E-state index in [4.69, 9.17) is 5.84 Å². The molecule has 1 aromatic heterocycles. The van der Waals surface area contributed by atoms with Gasteiger partial charge in [-0.1, -0.05) is 27.7 Å². The van der Waals surface area contributed by atoms with Crippen molar-refractivity contribution in [3.05, 3.63) is 28.5 Å². The van der Waals surface area contributed by atoms with Crippen molar-refractivity contribution in [2.24, 2.45) is 17.2 Å². The Morgan fingerprint density at radius 2 is 2.05 bits per heavy atom. The summed E-state index contributed by atoms with van der Waals surface area (Å²) in [7, 11) is 0. The predicted molar refractivity (Wildman–Crippen MR) is 84.6 cm³/mol. The number of hydrogen-bond donors (Lipinski definition) is 2. The van der Waals surface area contributed by atoms with Crippen molar-refractivity contribution >= 4 is 15.9 Å². The fraction of sp³-hybridized carbons (Fsp3) is 0.667. The largest absolute Gasteiger partial charge is 0.271 e. The molecule has 1 aromatic rings. The number of nitrogens with zero attached hydrogens (tertiary/aromatic N) is 1. The zero-order valence-corrected chi connectivity index (χ0v) is 14.0. The summed E-state index contributed by atoms with van der Waals surface area (Å²) in [6.07, 6.45) is 6.92. The lowest BCUT2D eigenvalue weighted by molar-refractivity contribution is 0.274. The van der Waals surface area contributed by atoms with Gasteiger partial charge >= 0.3 is 0 Å². The predicted octanol–water partition coefficient (Wildman–Crippen LogP) is 3.68. The van der Waals surface area contributed by atoms with E-state index in [2.05, 4.69) is 60.1 Å².